The van der Waals surface area contributed by atoms with Gasteiger partial charge in [-0.3, -0.25) is 14.2 Å². The number of para-hydroxylation sites is 2. The number of amides is 2. The van der Waals surface area contributed by atoms with Gasteiger partial charge in [0.1, 0.15) is 5.82 Å². The number of alkyl halides is 2. The molecule has 0 radical (unpaired) electrons. The smallest absolute Gasteiger partial charge is 0.320 e. The van der Waals surface area contributed by atoms with Gasteiger partial charge in [0.2, 0.25) is 11.8 Å². The minimum absolute atomic E-state index is 0.00659. The summed E-state index contributed by atoms with van der Waals surface area (Å²) in [6.45, 7) is 0.913. The minimum Gasteiger partial charge on any atom is -0.355 e. The van der Waals surface area contributed by atoms with Crippen LogP contribution in [0.15, 0.2) is 24.3 Å². The maximum atomic E-state index is 13.8. The fraction of sp³-hybridized carbons (Fsp3) is 0.625. The van der Waals surface area contributed by atoms with E-state index in [1.807, 2.05) is 6.92 Å². The van der Waals surface area contributed by atoms with Crippen LogP contribution in [0, 0.1) is 17.3 Å². The van der Waals surface area contributed by atoms with Gasteiger partial charge in [-0.15, -0.1) is 0 Å². The first-order chi connectivity index (χ1) is 15.2. The normalized spacial score (nSPS) is 31.8. The molecule has 4 bridgehead atoms. The molecule has 6 nitrogen and oxygen atoms in total. The van der Waals surface area contributed by atoms with Crippen LogP contribution in [0.25, 0.3) is 11.0 Å². The molecular weight excluding hydrogens is 414 g/mol. The number of carbonyl (C=O) groups is 2. The third kappa shape index (κ3) is 3.48. The van der Waals surface area contributed by atoms with E-state index in [2.05, 4.69) is 15.6 Å². The van der Waals surface area contributed by atoms with E-state index in [0.29, 0.717) is 29.3 Å². The van der Waals surface area contributed by atoms with Gasteiger partial charge in [-0.2, -0.15) is 8.78 Å². The summed E-state index contributed by atoms with van der Waals surface area (Å²) < 4.78 is 28.6. The third-order valence-corrected chi connectivity index (χ3v) is 7.81. The summed E-state index contributed by atoms with van der Waals surface area (Å²) in [4.78, 5) is 29.7. The number of benzene rings is 1. The van der Waals surface area contributed by atoms with E-state index < -0.39 is 12.0 Å². The highest BCUT2D eigenvalue weighted by Crippen LogP contribution is 2.61. The lowest BCUT2D eigenvalue weighted by molar-refractivity contribution is -0.153. The van der Waals surface area contributed by atoms with Crippen molar-refractivity contribution in [2.75, 3.05) is 6.54 Å². The van der Waals surface area contributed by atoms with Crippen LogP contribution in [-0.2, 0) is 9.59 Å². The number of nitrogens with one attached hydrogen (secondary N) is 2. The Hall–Kier alpha value is -2.51. The standard InChI is InChI=1S/C24H30F2N4O2/c1-14(20-28-18-5-3-4-6-19(18)30(20)22(25)26)12-27-21(32)23-8-16-7-17(9-23)11-24(10-16,13-23)29-15(2)31/h3-6,14,16-17,22H,7-13H2,1-2H3,(H,27,32)(H,29,31)/t14-,16-,17+,23?,24?/m1/s1. The van der Waals surface area contributed by atoms with E-state index >= 15 is 0 Å². The Balaban J connectivity index is 1.34. The van der Waals surface area contributed by atoms with Gasteiger partial charge in [0, 0.05) is 24.9 Å². The second-order valence-corrected chi connectivity index (χ2v) is 10.4. The van der Waals surface area contributed by atoms with Crippen molar-refractivity contribution < 1.29 is 18.4 Å². The second kappa shape index (κ2) is 7.52. The maximum absolute atomic E-state index is 13.8. The van der Waals surface area contributed by atoms with Crippen LogP contribution >= 0.6 is 0 Å². The highest BCUT2D eigenvalue weighted by atomic mass is 19.3. The molecule has 2 amide bonds. The van der Waals surface area contributed by atoms with Crippen molar-refractivity contribution in [2.24, 2.45) is 17.3 Å². The van der Waals surface area contributed by atoms with Crippen LogP contribution in [0.2, 0.25) is 0 Å². The van der Waals surface area contributed by atoms with E-state index in [4.69, 9.17) is 0 Å². The molecule has 1 aromatic heterocycles. The summed E-state index contributed by atoms with van der Waals surface area (Å²) >= 11 is 0. The van der Waals surface area contributed by atoms with Crippen LogP contribution in [0.3, 0.4) is 0 Å². The van der Waals surface area contributed by atoms with Crippen molar-refractivity contribution in [1.82, 2.24) is 20.2 Å². The molecule has 5 atom stereocenters. The van der Waals surface area contributed by atoms with Crippen molar-refractivity contribution in [1.29, 1.82) is 0 Å². The highest BCUT2D eigenvalue weighted by molar-refractivity contribution is 5.84. The van der Waals surface area contributed by atoms with Gasteiger partial charge in [-0.05, 0) is 62.5 Å². The van der Waals surface area contributed by atoms with E-state index in [1.54, 1.807) is 31.2 Å². The van der Waals surface area contributed by atoms with Crippen molar-refractivity contribution in [3.8, 4) is 0 Å². The Morgan fingerprint density at radius 2 is 1.88 bits per heavy atom. The van der Waals surface area contributed by atoms with Gasteiger partial charge in [0.15, 0.2) is 0 Å². The zero-order chi connectivity index (χ0) is 22.7. The van der Waals surface area contributed by atoms with E-state index in [0.717, 1.165) is 36.7 Å². The average Bonchev–Trinajstić information content (AvgIpc) is 3.09. The molecule has 2 unspecified atom stereocenters. The summed E-state index contributed by atoms with van der Waals surface area (Å²) in [5, 5.41) is 6.25. The largest absolute Gasteiger partial charge is 0.355 e. The lowest BCUT2D eigenvalue weighted by Crippen LogP contribution is -2.65. The Morgan fingerprint density at radius 3 is 2.53 bits per heavy atom. The quantitative estimate of drug-likeness (QED) is 0.704. The third-order valence-electron chi connectivity index (χ3n) is 7.81. The molecule has 32 heavy (non-hydrogen) atoms. The van der Waals surface area contributed by atoms with Crippen molar-refractivity contribution in [3.63, 3.8) is 0 Å². The van der Waals surface area contributed by atoms with E-state index in [1.165, 1.54) is 0 Å². The molecule has 1 heterocycles. The van der Waals surface area contributed by atoms with Crippen LogP contribution < -0.4 is 10.6 Å². The number of aromatic nitrogens is 2. The molecule has 0 aliphatic heterocycles. The first-order valence-electron chi connectivity index (χ1n) is 11.5. The number of rotatable bonds is 6. The molecule has 4 saturated carbocycles. The molecular formula is C24H30F2N4O2. The fourth-order valence-electron chi connectivity index (χ4n) is 7.19. The Kier molecular flexibility index (Phi) is 5.02. The van der Waals surface area contributed by atoms with Gasteiger partial charge in [-0.1, -0.05) is 19.1 Å². The zero-order valence-electron chi connectivity index (χ0n) is 18.5. The Bertz CT molecular complexity index is 1050. The topological polar surface area (TPSA) is 76.0 Å². The van der Waals surface area contributed by atoms with Crippen molar-refractivity contribution in [2.45, 2.75) is 70.4 Å². The number of hydrogen-bond acceptors (Lipinski definition) is 3. The molecule has 1 aromatic carbocycles. The summed E-state index contributed by atoms with van der Waals surface area (Å²) in [5.41, 5.74) is 0.172. The van der Waals surface area contributed by atoms with Crippen LogP contribution in [0.5, 0.6) is 0 Å². The monoisotopic (exact) mass is 444 g/mol. The maximum Gasteiger partial charge on any atom is 0.320 e. The van der Waals surface area contributed by atoms with Gasteiger partial charge < -0.3 is 10.6 Å². The molecule has 4 aliphatic carbocycles. The van der Waals surface area contributed by atoms with Crippen LogP contribution in [0.4, 0.5) is 8.78 Å². The molecule has 0 spiro atoms. The molecule has 4 aliphatic rings. The molecule has 4 fully saturated rings. The zero-order valence-corrected chi connectivity index (χ0v) is 18.5. The molecule has 8 heteroatoms. The molecule has 2 aromatic rings. The molecule has 6 rings (SSSR count). The van der Waals surface area contributed by atoms with Gasteiger partial charge in [0.25, 0.3) is 0 Å². The number of carbonyl (C=O) groups excluding carboxylic acids is 2. The molecule has 2 N–H and O–H groups in total. The fourth-order valence-corrected chi connectivity index (χ4v) is 7.19. The second-order valence-electron chi connectivity index (χ2n) is 10.4. The van der Waals surface area contributed by atoms with E-state index in [-0.39, 0.29) is 35.6 Å². The number of halogens is 2. The highest BCUT2D eigenvalue weighted by Gasteiger charge is 2.60. The first-order valence-corrected chi connectivity index (χ1v) is 11.5. The number of fused-ring (bicyclic) bond motifs is 1. The SMILES string of the molecule is CC(=O)NC12C[C@H]3C[C@@H](C1)CC(C(=O)NC[C@@H](C)c1nc4ccccc4n1C(F)F)(C3)C2. The first kappa shape index (κ1) is 21.3. The van der Waals surface area contributed by atoms with Gasteiger partial charge >= 0.3 is 6.55 Å². The van der Waals surface area contributed by atoms with Gasteiger partial charge in [0.05, 0.1) is 16.4 Å². The summed E-state index contributed by atoms with van der Waals surface area (Å²) in [7, 11) is 0. The lowest BCUT2D eigenvalue weighted by atomic mass is 9.46. The number of imidazole rings is 1. The Morgan fingerprint density at radius 1 is 1.19 bits per heavy atom. The number of nitrogens with zero attached hydrogens (tertiary/aromatic N) is 2. The van der Waals surface area contributed by atoms with Crippen LogP contribution in [-0.4, -0.2) is 33.4 Å². The summed E-state index contributed by atoms with van der Waals surface area (Å²) in [6.07, 6.45) is 5.40. The predicted octanol–water partition coefficient (Wildman–Crippen LogP) is 4.13. The summed E-state index contributed by atoms with van der Waals surface area (Å²) in [6, 6.07) is 6.86. The predicted molar refractivity (Wildman–Crippen MR) is 116 cm³/mol. The molecule has 0 saturated heterocycles. The summed E-state index contributed by atoms with van der Waals surface area (Å²) in [5.74, 6) is 0.777. The van der Waals surface area contributed by atoms with Gasteiger partial charge in [-0.25, -0.2) is 4.98 Å². The molecule has 172 valence electrons. The van der Waals surface area contributed by atoms with Crippen molar-refractivity contribution >= 4 is 22.8 Å². The average molecular weight is 445 g/mol. The lowest BCUT2D eigenvalue weighted by Gasteiger charge is -2.61. The number of hydrogen-bond donors (Lipinski definition) is 2. The minimum atomic E-state index is -2.70. The van der Waals surface area contributed by atoms with Crippen molar-refractivity contribution in [3.05, 3.63) is 30.1 Å². The van der Waals surface area contributed by atoms with E-state index in [9.17, 15) is 18.4 Å². The van der Waals surface area contributed by atoms with Crippen LogP contribution in [0.1, 0.15) is 70.7 Å². The Labute approximate surface area is 186 Å².